The van der Waals surface area contributed by atoms with Crippen molar-refractivity contribution in [3.05, 3.63) is 187 Å². The van der Waals surface area contributed by atoms with Gasteiger partial charge in [-0.1, -0.05) is 159 Å². The quantitative estimate of drug-likeness (QED) is 0.187. The van der Waals surface area contributed by atoms with Gasteiger partial charge >= 0.3 is 0 Å². The van der Waals surface area contributed by atoms with Crippen LogP contribution in [0.5, 0.6) is 0 Å². The third kappa shape index (κ3) is 4.39. The van der Waals surface area contributed by atoms with E-state index in [1.807, 2.05) is 0 Å². The molecule has 1 heteroatoms. The summed E-state index contributed by atoms with van der Waals surface area (Å²) in [6.45, 7) is 4.79. The van der Waals surface area contributed by atoms with Crippen molar-refractivity contribution in [3.63, 3.8) is 0 Å². The fraction of sp³-hybridized carbons (Fsp3) is 0.0638. The number of hydrogen-bond acceptors (Lipinski definition) is 1. The third-order valence-corrected chi connectivity index (χ3v) is 10.2. The Bertz CT molecular complexity index is 2470. The van der Waals surface area contributed by atoms with E-state index in [2.05, 4.69) is 195 Å². The fourth-order valence-electron chi connectivity index (χ4n) is 8.02. The first-order valence-electron chi connectivity index (χ1n) is 16.8. The summed E-state index contributed by atoms with van der Waals surface area (Å²) in [6.07, 6.45) is 0. The van der Waals surface area contributed by atoms with E-state index in [9.17, 15) is 0 Å². The van der Waals surface area contributed by atoms with Crippen molar-refractivity contribution in [2.45, 2.75) is 19.3 Å². The topological polar surface area (TPSA) is 3.24 Å². The molecule has 0 aliphatic heterocycles. The zero-order chi connectivity index (χ0) is 32.2. The van der Waals surface area contributed by atoms with Crippen molar-refractivity contribution in [3.8, 4) is 33.4 Å². The molecule has 9 rings (SSSR count). The second-order valence-electron chi connectivity index (χ2n) is 13.3. The Labute approximate surface area is 282 Å². The monoisotopic (exact) mass is 613 g/mol. The van der Waals surface area contributed by atoms with E-state index in [4.69, 9.17) is 0 Å². The Morgan fingerprint density at radius 1 is 0.417 bits per heavy atom. The van der Waals surface area contributed by atoms with Crippen molar-refractivity contribution in [2.24, 2.45) is 0 Å². The summed E-state index contributed by atoms with van der Waals surface area (Å²) in [6, 6.07) is 64.3. The summed E-state index contributed by atoms with van der Waals surface area (Å²) in [5.41, 5.74) is 13.6. The number of nitrogens with zero attached hydrogens (tertiary/aromatic N) is 1. The van der Waals surface area contributed by atoms with Crippen LogP contribution < -0.4 is 4.90 Å². The molecular weight excluding hydrogens is 579 g/mol. The van der Waals surface area contributed by atoms with Gasteiger partial charge in [0.15, 0.2) is 0 Å². The van der Waals surface area contributed by atoms with Gasteiger partial charge in [0.1, 0.15) is 0 Å². The van der Waals surface area contributed by atoms with Crippen LogP contribution in [-0.2, 0) is 5.41 Å². The smallest absolute Gasteiger partial charge is 0.0543 e. The van der Waals surface area contributed by atoms with Gasteiger partial charge < -0.3 is 4.90 Å². The van der Waals surface area contributed by atoms with Crippen molar-refractivity contribution < 1.29 is 0 Å². The lowest BCUT2D eigenvalue weighted by molar-refractivity contribution is 0.666. The lowest BCUT2D eigenvalue weighted by Crippen LogP contribution is -2.16. The first kappa shape index (κ1) is 28.3. The van der Waals surface area contributed by atoms with Crippen LogP contribution in [0.1, 0.15) is 25.0 Å². The molecule has 8 aromatic carbocycles. The average Bonchev–Trinajstić information content (AvgIpc) is 3.39. The predicted molar refractivity (Wildman–Crippen MR) is 205 cm³/mol. The minimum absolute atomic E-state index is 0.191. The van der Waals surface area contributed by atoms with Crippen LogP contribution in [0.25, 0.3) is 54.9 Å². The van der Waals surface area contributed by atoms with E-state index >= 15 is 0 Å². The Balaban J connectivity index is 1.38. The van der Waals surface area contributed by atoms with Crippen LogP contribution in [0.15, 0.2) is 176 Å². The lowest BCUT2D eigenvalue weighted by Gasteiger charge is -2.30. The maximum atomic E-state index is 2.50. The molecule has 1 aliphatic rings. The number of para-hydroxylation sites is 1. The summed E-state index contributed by atoms with van der Waals surface area (Å²) < 4.78 is 0. The number of hydrogen-bond donors (Lipinski definition) is 0. The standard InChI is InChI=1S/C47H35N/c1-47(2)42-25-15-27-44(45(42)41-31-40(34-19-7-4-8-20-34)38-23-11-12-24-39(38)46(41)47)48(36-29-28-32-16-9-10-21-35(32)30-36)43-26-14-13-22-37(43)33-17-5-3-6-18-33/h3-31H,1-2H3. The largest absolute Gasteiger partial charge is 0.309 e. The van der Waals surface area contributed by atoms with Crippen LogP contribution in [0.4, 0.5) is 17.1 Å². The highest BCUT2D eigenvalue weighted by Gasteiger charge is 2.40. The van der Waals surface area contributed by atoms with Gasteiger partial charge in [-0.05, 0) is 85.3 Å². The molecule has 0 atom stereocenters. The number of anilines is 3. The molecule has 0 saturated heterocycles. The molecule has 48 heavy (non-hydrogen) atoms. The Morgan fingerprint density at radius 3 is 1.79 bits per heavy atom. The van der Waals surface area contributed by atoms with Gasteiger partial charge in [-0.3, -0.25) is 0 Å². The van der Waals surface area contributed by atoms with E-state index in [-0.39, 0.29) is 5.41 Å². The first-order valence-corrected chi connectivity index (χ1v) is 16.8. The van der Waals surface area contributed by atoms with E-state index in [0.717, 1.165) is 11.4 Å². The van der Waals surface area contributed by atoms with Crippen molar-refractivity contribution in [1.82, 2.24) is 0 Å². The molecule has 0 heterocycles. The highest BCUT2D eigenvalue weighted by atomic mass is 15.1. The van der Waals surface area contributed by atoms with Crippen molar-refractivity contribution in [1.29, 1.82) is 0 Å². The van der Waals surface area contributed by atoms with Gasteiger partial charge in [0.2, 0.25) is 0 Å². The second-order valence-corrected chi connectivity index (χ2v) is 13.3. The summed E-state index contributed by atoms with van der Waals surface area (Å²) in [5.74, 6) is 0. The van der Waals surface area contributed by atoms with Crippen molar-refractivity contribution >= 4 is 38.6 Å². The lowest BCUT2D eigenvalue weighted by atomic mass is 9.79. The summed E-state index contributed by atoms with van der Waals surface area (Å²) >= 11 is 0. The van der Waals surface area contributed by atoms with Crippen LogP contribution in [0.2, 0.25) is 0 Å². The summed E-state index contributed by atoms with van der Waals surface area (Å²) in [4.78, 5) is 2.50. The highest BCUT2D eigenvalue weighted by molar-refractivity contribution is 6.09. The predicted octanol–water partition coefficient (Wildman–Crippen LogP) is 13.1. The minimum atomic E-state index is -0.191. The summed E-state index contributed by atoms with van der Waals surface area (Å²) in [5, 5.41) is 5.08. The minimum Gasteiger partial charge on any atom is -0.309 e. The van der Waals surface area contributed by atoms with Crippen molar-refractivity contribution in [2.75, 3.05) is 4.90 Å². The molecule has 1 nitrogen and oxygen atoms in total. The summed E-state index contributed by atoms with van der Waals surface area (Å²) in [7, 11) is 0. The molecule has 0 N–H and O–H groups in total. The van der Waals surface area contributed by atoms with Crippen LogP contribution in [-0.4, -0.2) is 0 Å². The highest BCUT2D eigenvalue weighted by Crippen LogP contribution is 2.57. The Hall–Kier alpha value is -5.92. The number of benzene rings is 8. The van der Waals surface area contributed by atoms with Gasteiger partial charge in [-0.15, -0.1) is 0 Å². The van der Waals surface area contributed by atoms with Crippen LogP contribution in [0.3, 0.4) is 0 Å². The Kier molecular flexibility index (Phi) is 6.55. The molecule has 0 saturated carbocycles. The van der Waals surface area contributed by atoms with Gasteiger partial charge in [0, 0.05) is 22.2 Å². The zero-order valence-electron chi connectivity index (χ0n) is 27.2. The maximum absolute atomic E-state index is 2.50. The number of fused-ring (bicyclic) bond motifs is 6. The third-order valence-electron chi connectivity index (χ3n) is 10.2. The van der Waals surface area contributed by atoms with E-state index < -0.39 is 0 Å². The molecule has 8 aromatic rings. The molecular formula is C47H35N. The van der Waals surface area contributed by atoms with Gasteiger partial charge in [0.05, 0.1) is 11.4 Å². The SMILES string of the molecule is CC1(C)c2cccc(N(c3ccc4ccccc4c3)c3ccccc3-c3ccccc3)c2-c2cc(-c3ccccc3)c3ccccc3c21. The Morgan fingerprint density at radius 2 is 1.02 bits per heavy atom. The van der Waals surface area contributed by atoms with E-state index in [1.165, 1.54) is 71.7 Å². The molecule has 228 valence electrons. The van der Waals surface area contributed by atoms with Gasteiger partial charge in [-0.2, -0.15) is 0 Å². The number of rotatable bonds is 5. The second kappa shape index (κ2) is 11.1. The average molecular weight is 614 g/mol. The molecule has 0 unspecified atom stereocenters. The zero-order valence-corrected chi connectivity index (χ0v) is 27.2. The normalized spacial score (nSPS) is 13.0. The molecule has 0 amide bonds. The van der Waals surface area contributed by atoms with E-state index in [1.54, 1.807) is 0 Å². The first-order chi connectivity index (χ1) is 23.6. The molecule has 0 fully saturated rings. The molecule has 0 spiro atoms. The van der Waals surface area contributed by atoms with E-state index in [0.29, 0.717) is 0 Å². The molecule has 0 aromatic heterocycles. The van der Waals surface area contributed by atoms with Crippen LogP contribution in [0, 0.1) is 0 Å². The van der Waals surface area contributed by atoms with Crippen LogP contribution >= 0.6 is 0 Å². The fourth-order valence-corrected chi connectivity index (χ4v) is 8.02. The van der Waals surface area contributed by atoms with Gasteiger partial charge in [0.25, 0.3) is 0 Å². The molecule has 0 bridgehead atoms. The maximum Gasteiger partial charge on any atom is 0.0543 e. The van der Waals surface area contributed by atoms with Gasteiger partial charge in [-0.25, -0.2) is 0 Å². The molecule has 0 radical (unpaired) electrons. The molecule has 1 aliphatic carbocycles.